The molecule has 2 aliphatic rings. The topological polar surface area (TPSA) is 79.9 Å². The van der Waals surface area contributed by atoms with Gasteiger partial charge in [0.05, 0.1) is 7.11 Å². The fourth-order valence-corrected chi connectivity index (χ4v) is 4.32. The Labute approximate surface area is 206 Å². The van der Waals surface area contributed by atoms with Crippen LogP contribution >= 0.6 is 24.0 Å². The summed E-state index contributed by atoms with van der Waals surface area (Å²) in [5.74, 6) is 2.74. The third kappa shape index (κ3) is 5.57. The average Bonchev–Trinajstić information content (AvgIpc) is 3.15. The van der Waals surface area contributed by atoms with Gasteiger partial charge in [0.25, 0.3) is 0 Å². The quantitative estimate of drug-likeness (QED) is 0.254. The molecule has 176 valence electrons. The van der Waals surface area contributed by atoms with Crippen molar-refractivity contribution in [3.8, 4) is 5.75 Å². The number of hydrogen-bond acceptors (Lipinski definition) is 5. The number of halogens is 1. The minimum Gasteiger partial charge on any atom is -0.497 e. The lowest BCUT2D eigenvalue weighted by Crippen LogP contribution is -2.52. The molecule has 0 bridgehead atoms. The lowest BCUT2D eigenvalue weighted by molar-refractivity contribution is 0.371. The van der Waals surface area contributed by atoms with E-state index in [1.165, 1.54) is 5.69 Å². The van der Waals surface area contributed by atoms with Crippen molar-refractivity contribution in [3.63, 3.8) is 0 Å². The molecule has 2 aromatic rings. The molecule has 1 fully saturated rings. The van der Waals surface area contributed by atoms with Gasteiger partial charge in [-0.2, -0.15) is 5.10 Å². The normalized spacial score (nSPS) is 16.4. The Morgan fingerprint density at radius 1 is 1.12 bits per heavy atom. The summed E-state index contributed by atoms with van der Waals surface area (Å²) in [6, 6.07) is 8.22. The summed E-state index contributed by atoms with van der Waals surface area (Å²) in [7, 11) is 3.51. The number of nitrogens with zero attached hydrogens (tertiary/aromatic N) is 6. The third-order valence-corrected chi connectivity index (χ3v) is 6.09. The number of rotatable bonds is 6. The highest BCUT2D eigenvalue weighted by atomic mass is 127. The molecule has 4 rings (SSSR count). The van der Waals surface area contributed by atoms with Crippen LogP contribution in [0.2, 0.25) is 0 Å². The summed E-state index contributed by atoms with van der Waals surface area (Å²) in [5, 5.41) is 7.96. The molecule has 1 aromatic heterocycles. The van der Waals surface area contributed by atoms with Crippen molar-refractivity contribution in [2.75, 3.05) is 51.8 Å². The van der Waals surface area contributed by atoms with Crippen molar-refractivity contribution in [2.24, 2.45) is 4.99 Å². The van der Waals surface area contributed by atoms with E-state index in [-0.39, 0.29) is 29.7 Å². The number of benzene rings is 1. The zero-order valence-corrected chi connectivity index (χ0v) is 21.3. The van der Waals surface area contributed by atoms with Gasteiger partial charge in [0.15, 0.2) is 5.96 Å². The van der Waals surface area contributed by atoms with E-state index in [1.807, 2.05) is 23.7 Å². The van der Waals surface area contributed by atoms with Crippen LogP contribution < -0.4 is 20.6 Å². The predicted octanol–water partition coefficient (Wildman–Crippen LogP) is 1.80. The number of nitrogens with one attached hydrogen (secondary N) is 1. The van der Waals surface area contributed by atoms with Crippen LogP contribution in [0.3, 0.4) is 0 Å². The fraction of sp³-hybridized carbons (Fsp3) is 0.591. The van der Waals surface area contributed by atoms with Gasteiger partial charge in [0, 0.05) is 65.0 Å². The first-order chi connectivity index (χ1) is 15.2. The van der Waals surface area contributed by atoms with Crippen molar-refractivity contribution in [1.82, 2.24) is 24.6 Å². The first kappa shape index (κ1) is 24.4. The Morgan fingerprint density at radius 2 is 1.88 bits per heavy atom. The van der Waals surface area contributed by atoms with E-state index in [0.717, 1.165) is 82.5 Å². The molecular formula is C22H34IN7O2. The zero-order valence-electron chi connectivity index (χ0n) is 19.0. The highest BCUT2D eigenvalue weighted by Gasteiger charge is 2.20. The second-order valence-electron chi connectivity index (χ2n) is 8.03. The van der Waals surface area contributed by atoms with Gasteiger partial charge in [-0.25, -0.2) is 9.48 Å². The summed E-state index contributed by atoms with van der Waals surface area (Å²) in [4.78, 5) is 21.6. The monoisotopic (exact) mass is 555 g/mol. The number of hydrogen-bond donors (Lipinski definition) is 1. The Kier molecular flexibility index (Phi) is 8.83. The Balaban J connectivity index is 0.00000289. The lowest BCUT2D eigenvalue weighted by atomic mass is 10.2. The molecule has 2 aliphatic heterocycles. The highest BCUT2D eigenvalue weighted by Crippen LogP contribution is 2.20. The second-order valence-corrected chi connectivity index (χ2v) is 8.03. The smallest absolute Gasteiger partial charge is 0.345 e. The van der Waals surface area contributed by atoms with Gasteiger partial charge in [-0.15, -0.1) is 24.0 Å². The van der Waals surface area contributed by atoms with Gasteiger partial charge in [-0.3, -0.25) is 9.56 Å². The molecule has 0 amide bonds. The SMILES string of the molecule is CN=C(NCCCn1nc2n(c1=O)CCCC2)N1CCN(c2ccc(OC)cc2)CC1.I. The average molecular weight is 555 g/mol. The fourth-order valence-electron chi connectivity index (χ4n) is 4.32. The number of guanidine groups is 1. The van der Waals surface area contributed by atoms with Crippen molar-refractivity contribution < 1.29 is 4.74 Å². The molecule has 10 heteroatoms. The first-order valence-electron chi connectivity index (χ1n) is 11.2. The molecule has 1 N–H and O–H groups in total. The van der Waals surface area contributed by atoms with E-state index in [2.05, 4.69) is 37.3 Å². The van der Waals surface area contributed by atoms with E-state index >= 15 is 0 Å². The number of fused-ring (bicyclic) bond motifs is 1. The van der Waals surface area contributed by atoms with Crippen molar-refractivity contribution >= 4 is 35.6 Å². The predicted molar refractivity (Wildman–Crippen MR) is 138 cm³/mol. The van der Waals surface area contributed by atoms with Crippen LogP contribution in [0.15, 0.2) is 34.1 Å². The van der Waals surface area contributed by atoms with E-state index in [4.69, 9.17) is 4.74 Å². The minimum absolute atomic E-state index is 0. The molecular weight excluding hydrogens is 521 g/mol. The van der Waals surface area contributed by atoms with E-state index < -0.39 is 0 Å². The third-order valence-electron chi connectivity index (χ3n) is 6.09. The summed E-state index contributed by atoms with van der Waals surface area (Å²) in [6.45, 7) is 5.93. The molecule has 0 saturated carbocycles. The van der Waals surface area contributed by atoms with E-state index in [1.54, 1.807) is 11.8 Å². The van der Waals surface area contributed by atoms with Crippen LogP contribution in [0, 0.1) is 0 Å². The molecule has 32 heavy (non-hydrogen) atoms. The molecule has 0 spiro atoms. The van der Waals surface area contributed by atoms with Crippen LogP contribution in [0.4, 0.5) is 5.69 Å². The van der Waals surface area contributed by atoms with E-state index in [0.29, 0.717) is 6.54 Å². The summed E-state index contributed by atoms with van der Waals surface area (Å²) >= 11 is 0. The summed E-state index contributed by atoms with van der Waals surface area (Å²) < 4.78 is 8.70. The Bertz CT molecular complexity index is 946. The van der Waals surface area contributed by atoms with Crippen LogP contribution in [-0.2, 0) is 19.5 Å². The molecule has 3 heterocycles. The van der Waals surface area contributed by atoms with Gasteiger partial charge in [-0.1, -0.05) is 0 Å². The summed E-state index contributed by atoms with van der Waals surface area (Å²) in [5.41, 5.74) is 1.25. The number of methoxy groups -OCH3 is 1. The van der Waals surface area contributed by atoms with Gasteiger partial charge >= 0.3 is 5.69 Å². The standard InChI is InChI=1S/C22H33N7O2.HI/c1-23-21(24-11-5-13-29-22(30)28-12-4-3-6-20(28)25-29)27-16-14-26(15-17-27)18-7-9-19(31-2)10-8-18;/h7-10H,3-6,11-17H2,1-2H3,(H,23,24);1H. The van der Waals surface area contributed by atoms with Gasteiger partial charge < -0.3 is 19.9 Å². The van der Waals surface area contributed by atoms with Crippen molar-refractivity contribution in [3.05, 3.63) is 40.6 Å². The minimum atomic E-state index is 0. The number of aromatic nitrogens is 3. The van der Waals surface area contributed by atoms with Gasteiger partial charge in [0.1, 0.15) is 11.6 Å². The van der Waals surface area contributed by atoms with Crippen molar-refractivity contribution in [1.29, 1.82) is 0 Å². The zero-order chi connectivity index (χ0) is 21.6. The van der Waals surface area contributed by atoms with Crippen LogP contribution in [0.1, 0.15) is 25.1 Å². The van der Waals surface area contributed by atoms with Crippen molar-refractivity contribution in [2.45, 2.75) is 38.8 Å². The molecule has 0 atom stereocenters. The Morgan fingerprint density at radius 3 is 2.53 bits per heavy atom. The number of ether oxygens (including phenoxy) is 1. The maximum absolute atomic E-state index is 12.4. The number of aliphatic imine (C=N–C) groups is 1. The lowest BCUT2D eigenvalue weighted by Gasteiger charge is -2.37. The molecule has 1 aromatic carbocycles. The molecule has 0 unspecified atom stereocenters. The molecule has 1 saturated heterocycles. The second kappa shape index (κ2) is 11.6. The highest BCUT2D eigenvalue weighted by molar-refractivity contribution is 14.0. The maximum atomic E-state index is 12.4. The molecule has 9 nitrogen and oxygen atoms in total. The van der Waals surface area contributed by atoms with Gasteiger partial charge in [0.2, 0.25) is 0 Å². The number of anilines is 1. The summed E-state index contributed by atoms with van der Waals surface area (Å²) in [6.07, 6.45) is 3.94. The molecule has 0 aliphatic carbocycles. The molecule has 0 radical (unpaired) electrons. The van der Waals surface area contributed by atoms with Crippen LogP contribution in [-0.4, -0.2) is 72.1 Å². The number of aryl methyl sites for hydroxylation is 2. The van der Waals surface area contributed by atoms with E-state index in [9.17, 15) is 4.79 Å². The van der Waals surface area contributed by atoms with Crippen LogP contribution in [0.5, 0.6) is 5.75 Å². The first-order valence-corrected chi connectivity index (χ1v) is 11.2. The van der Waals surface area contributed by atoms with Crippen LogP contribution in [0.25, 0.3) is 0 Å². The number of piperazine rings is 1. The maximum Gasteiger partial charge on any atom is 0.345 e. The largest absolute Gasteiger partial charge is 0.497 e. The Hall–Kier alpha value is -2.24. The van der Waals surface area contributed by atoms with Gasteiger partial charge in [-0.05, 0) is 43.5 Å².